The fraction of sp³-hybridized carbons (Fsp3) is 0.382. The number of benzene rings is 3. The molecule has 1 aliphatic heterocycles. The van der Waals surface area contributed by atoms with Crippen molar-refractivity contribution in [3.8, 4) is 11.4 Å². The number of rotatable bonds is 14. The summed E-state index contributed by atoms with van der Waals surface area (Å²) >= 11 is 1.46. The van der Waals surface area contributed by atoms with E-state index in [0.717, 1.165) is 41.6 Å². The molecule has 248 valence electrons. The lowest BCUT2D eigenvalue weighted by Gasteiger charge is -2.41. The second-order valence-electron chi connectivity index (χ2n) is 11.5. The van der Waals surface area contributed by atoms with E-state index in [2.05, 4.69) is 33.1 Å². The van der Waals surface area contributed by atoms with Gasteiger partial charge in [-0.3, -0.25) is 9.59 Å². The summed E-state index contributed by atoms with van der Waals surface area (Å²) in [5, 5.41) is 37.8. The number of hydrogen-bond acceptors (Lipinski definition) is 10. The molecule has 3 aromatic carbocycles. The third-order valence-electron chi connectivity index (χ3n) is 7.93. The van der Waals surface area contributed by atoms with Crippen LogP contribution >= 0.6 is 11.8 Å². The van der Waals surface area contributed by atoms with E-state index in [0.29, 0.717) is 29.6 Å². The first-order chi connectivity index (χ1) is 22.8. The zero-order valence-corrected chi connectivity index (χ0v) is 27.2. The number of phenols is 1. The predicted molar refractivity (Wildman–Crippen MR) is 177 cm³/mol. The molecule has 0 aliphatic carbocycles. The van der Waals surface area contributed by atoms with Crippen molar-refractivity contribution in [1.29, 1.82) is 0 Å². The molecular formula is C34H40N6O6S. The predicted octanol–water partition coefficient (Wildman–Crippen LogP) is 5.08. The molecular weight excluding hydrogens is 620 g/mol. The Labute approximate surface area is 277 Å². The molecule has 1 saturated heterocycles. The zero-order chi connectivity index (χ0) is 33.2. The maximum atomic E-state index is 12.7. The number of nitrogens with zero attached hydrogens (tertiary/aromatic N) is 4. The number of anilines is 1. The molecule has 1 aliphatic rings. The first kappa shape index (κ1) is 34.0. The summed E-state index contributed by atoms with van der Waals surface area (Å²) in [6.07, 6.45) is 1.50. The van der Waals surface area contributed by atoms with Gasteiger partial charge in [-0.25, -0.2) is 0 Å². The number of thioether (sulfide) groups is 1. The second kappa shape index (κ2) is 16.5. The van der Waals surface area contributed by atoms with Crippen LogP contribution in [0.1, 0.15) is 68.6 Å². The largest absolute Gasteiger partial charge is 0.508 e. The molecule has 1 aromatic heterocycles. The number of tetrazole rings is 1. The van der Waals surface area contributed by atoms with Crippen molar-refractivity contribution in [3.05, 3.63) is 89.5 Å². The molecule has 47 heavy (non-hydrogen) atoms. The molecule has 1 fully saturated rings. The number of aliphatic hydroxyl groups is 1. The van der Waals surface area contributed by atoms with Crippen LogP contribution in [-0.2, 0) is 25.7 Å². The number of unbranched alkanes of at least 4 members (excludes halogenated alkanes) is 2. The van der Waals surface area contributed by atoms with Gasteiger partial charge in [0.2, 0.25) is 17.0 Å². The minimum Gasteiger partial charge on any atom is -0.508 e. The van der Waals surface area contributed by atoms with Gasteiger partial charge in [-0.05, 0) is 70.8 Å². The van der Waals surface area contributed by atoms with Crippen LogP contribution < -0.4 is 10.6 Å². The van der Waals surface area contributed by atoms with Gasteiger partial charge in [0.05, 0.1) is 24.5 Å². The molecule has 5 rings (SSSR count). The lowest BCUT2D eigenvalue weighted by molar-refractivity contribution is -0.268. The van der Waals surface area contributed by atoms with E-state index >= 15 is 0 Å². The average Bonchev–Trinajstić information content (AvgIpc) is 3.55. The maximum absolute atomic E-state index is 12.7. The highest BCUT2D eigenvalue weighted by Gasteiger charge is 2.38. The third kappa shape index (κ3) is 9.38. The monoisotopic (exact) mass is 660 g/mol. The van der Waals surface area contributed by atoms with E-state index in [1.807, 2.05) is 48.5 Å². The van der Waals surface area contributed by atoms with Crippen molar-refractivity contribution in [2.24, 2.45) is 5.92 Å². The summed E-state index contributed by atoms with van der Waals surface area (Å²) in [4.78, 5) is 23.7. The Balaban J connectivity index is 1.29. The van der Waals surface area contributed by atoms with Crippen molar-refractivity contribution < 1.29 is 29.3 Å². The molecule has 2 amide bonds. The smallest absolute Gasteiger partial charge is 0.224 e. The minimum absolute atomic E-state index is 0.0440. The number of aromatic nitrogens is 4. The molecule has 0 bridgehead atoms. The highest BCUT2D eigenvalue weighted by molar-refractivity contribution is 7.99. The molecule has 4 N–H and O–H groups in total. The standard InChI is InChI=1S/C34H40N6O6S/c1-22-30(21-47-34-37-38-39-40(34)28-14-16-29(43)17-15-28)45-33(46-32(22)25-12-10-24(20-41)11-13-25)26-7-6-8-27(19-26)36-31(44)9-4-3-5-18-35-23(2)42/h6-8,10-17,19,22,30,32-33,41,43H,3-5,9,18,20-21H2,1-2H3,(H,35,42)(H,36,44). The van der Waals surface area contributed by atoms with Crippen LogP contribution in [0.2, 0.25) is 0 Å². The molecule has 0 radical (unpaired) electrons. The molecule has 0 saturated carbocycles. The summed E-state index contributed by atoms with van der Waals surface area (Å²) in [5.74, 6) is 0.506. The molecule has 13 heteroatoms. The lowest BCUT2D eigenvalue weighted by atomic mass is 9.91. The van der Waals surface area contributed by atoms with Gasteiger partial charge in [0.15, 0.2) is 6.29 Å². The van der Waals surface area contributed by atoms with Crippen LogP contribution in [0.3, 0.4) is 0 Å². The number of carbonyl (C=O) groups excluding carboxylic acids is 2. The Morgan fingerprint density at radius 3 is 2.51 bits per heavy atom. The van der Waals surface area contributed by atoms with Crippen LogP contribution in [0.25, 0.3) is 5.69 Å². The highest BCUT2D eigenvalue weighted by Crippen LogP contribution is 2.43. The lowest BCUT2D eigenvalue weighted by Crippen LogP contribution is -2.38. The third-order valence-corrected chi connectivity index (χ3v) is 8.94. The normalized spacial score (nSPS) is 19.3. The van der Waals surface area contributed by atoms with Crippen molar-refractivity contribution in [3.63, 3.8) is 0 Å². The molecule has 4 aromatic rings. The van der Waals surface area contributed by atoms with Gasteiger partial charge >= 0.3 is 0 Å². The van der Waals surface area contributed by atoms with Gasteiger partial charge in [0.1, 0.15) is 5.75 Å². The van der Waals surface area contributed by atoms with Gasteiger partial charge in [-0.2, -0.15) is 4.68 Å². The van der Waals surface area contributed by atoms with E-state index < -0.39 is 6.29 Å². The SMILES string of the molecule is CC(=O)NCCCCCC(=O)Nc1cccc(C2OC(CSc3nnnn3-c3ccc(O)cc3)C(C)C(c3ccc(CO)cc3)O2)c1. The zero-order valence-electron chi connectivity index (χ0n) is 26.4. The topological polar surface area (TPSA) is 161 Å². The van der Waals surface area contributed by atoms with E-state index in [1.54, 1.807) is 28.9 Å². The van der Waals surface area contributed by atoms with Gasteiger partial charge in [0, 0.05) is 42.8 Å². The number of ether oxygens (including phenoxy) is 2. The quantitative estimate of drug-likeness (QED) is 0.106. The van der Waals surface area contributed by atoms with Crippen molar-refractivity contribution in [2.45, 2.75) is 69.8 Å². The first-order valence-corrected chi connectivity index (χ1v) is 16.6. The first-order valence-electron chi connectivity index (χ1n) is 15.7. The summed E-state index contributed by atoms with van der Waals surface area (Å²) in [7, 11) is 0. The Morgan fingerprint density at radius 2 is 1.77 bits per heavy atom. The number of hydrogen-bond donors (Lipinski definition) is 4. The fourth-order valence-electron chi connectivity index (χ4n) is 5.33. The van der Waals surface area contributed by atoms with E-state index in [1.165, 1.54) is 18.7 Å². The van der Waals surface area contributed by atoms with E-state index in [4.69, 9.17) is 9.47 Å². The Kier molecular flexibility index (Phi) is 12.0. The van der Waals surface area contributed by atoms with Crippen LogP contribution in [0, 0.1) is 5.92 Å². The van der Waals surface area contributed by atoms with Gasteiger partial charge in [0.25, 0.3) is 0 Å². The number of aromatic hydroxyl groups is 1. The number of phenolic OH excluding ortho intramolecular Hbond substituents is 1. The Bertz CT molecular complexity index is 1620. The fourth-order valence-corrected chi connectivity index (χ4v) is 6.38. The summed E-state index contributed by atoms with van der Waals surface area (Å²) in [6, 6.07) is 21.9. The van der Waals surface area contributed by atoms with E-state index in [-0.39, 0.29) is 42.3 Å². The summed E-state index contributed by atoms with van der Waals surface area (Å²) < 4.78 is 14.8. The van der Waals surface area contributed by atoms with Crippen LogP contribution in [0.4, 0.5) is 5.69 Å². The Morgan fingerprint density at radius 1 is 0.979 bits per heavy atom. The second-order valence-corrected chi connectivity index (χ2v) is 12.5. The molecule has 4 atom stereocenters. The van der Waals surface area contributed by atoms with Gasteiger partial charge < -0.3 is 30.3 Å². The number of nitrogens with one attached hydrogen (secondary N) is 2. The van der Waals surface area contributed by atoms with E-state index in [9.17, 15) is 19.8 Å². The average molecular weight is 661 g/mol. The van der Waals surface area contributed by atoms with Gasteiger partial charge in [-0.15, -0.1) is 5.10 Å². The molecule has 4 unspecified atom stereocenters. The number of carbonyl (C=O) groups is 2. The van der Waals surface area contributed by atoms with Crippen molar-refractivity contribution >= 4 is 29.3 Å². The van der Waals surface area contributed by atoms with Crippen molar-refractivity contribution in [1.82, 2.24) is 25.5 Å². The van der Waals surface area contributed by atoms with Gasteiger partial charge in [-0.1, -0.05) is 61.5 Å². The summed E-state index contributed by atoms with van der Waals surface area (Å²) in [6.45, 7) is 4.15. The van der Waals surface area contributed by atoms with Crippen LogP contribution in [-0.4, -0.2) is 60.6 Å². The molecule has 0 spiro atoms. The Hall–Kier alpha value is -4.30. The number of amides is 2. The van der Waals surface area contributed by atoms with Crippen LogP contribution in [0.5, 0.6) is 5.75 Å². The summed E-state index contributed by atoms with van der Waals surface area (Å²) in [5.41, 5.74) is 3.93. The molecule has 12 nitrogen and oxygen atoms in total. The minimum atomic E-state index is -0.710. The highest BCUT2D eigenvalue weighted by atomic mass is 32.2. The molecule has 2 heterocycles. The van der Waals surface area contributed by atoms with Crippen LogP contribution in [0.15, 0.2) is 78.0 Å². The van der Waals surface area contributed by atoms with Crippen molar-refractivity contribution in [2.75, 3.05) is 17.6 Å². The number of aliphatic hydroxyl groups excluding tert-OH is 1. The maximum Gasteiger partial charge on any atom is 0.224 e.